The summed E-state index contributed by atoms with van der Waals surface area (Å²) < 4.78 is 15.0. The van der Waals surface area contributed by atoms with Gasteiger partial charge in [0.05, 0.1) is 6.20 Å². The Bertz CT molecular complexity index is 388. The van der Waals surface area contributed by atoms with Crippen LogP contribution in [0.4, 0.5) is 0 Å². The molecule has 9 heteroatoms. The van der Waals surface area contributed by atoms with E-state index in [1.54, 1.807) is 0 Å². The highest BCUT2D eigenvalue weighted by molar-refractivity contribution is 7.46. The van der Waals surface area contributed by atoms with Gasteiger partial charge in [-0.25, -0.2) is 9.36 Å². The fourth-order valence-corrected chi connectivity index (χ4v) is 0.928. The predicted molar refractivity (Wildman–Crippen MR) is 39.8 cm³/mol. The summed E-state index contributed by atoms with van der Waals surface area (Å²) >= 11 is 0. The molecular formula is C4H7N2O6P. The molecule has 0 saturated heterocycles. The lowest BCUT2D eigenvalue weighted by molar-refractivity contribution is 0.151. The monoisotopic (exact) mass is 210 g/mol. The first kappa shape index (κ1) is 10.0. The Morgan fingerprint density at radius 2 is 2.23 bits per heavy atom. The molecule has 1 heterocycles. The summed E-state index contributed by atoms with van der Waals surface area (Å²) in [5.41, 5.74) is -0.717. The molecule has 0 radical (unpaired) electrons. The predicted octanol–water partition coefficient (Wildman–Crippen LogP) is -1.05. The maximum atomic E-state index is 10.8. The second kappa shape index (κ2) is 3.35. The average molecular weight is 210 g/mol. The Morgan fingerprint density at radius 1 is 1.62 bits per heavy atom. The number of hydrogen-bond acceptors (Lipinski definition) is 4. The van der Waals surface area contributed by atoms with Crippen molar-refractivity contribution in [2.45, 2.75) is 6.73 Å². The van der Waals surface area contributed by atoms with Crippen LogP contribution < -0.4 is 5.69 Å². The second-order valence-electron chi connectivity index (χ2n) is 2.16. The van der Waals surface area contributed by atoms with Crippen molar-refractivity contribution >= 4 is 7.82 Å². The van der Waals surface area contributed by atoms with E-state index in [9.17, 15) is 9.36 Å². The lowest BCUT2D eigenvalue weighted by atomic mass is 10.8. The Kier molecular flexibility index (Phi) is 2.58. The van der Waals surface area contributed by atoms with E-state index in [-0.39, 0.29) is 0 Å². The molecule has 1 aromatic rings. The number of hydrogen-bond donors (Lipinski definition) is 4. The molecule has 0 amide bonds. The standard InChI is InChI=1S/C4H7N2O6P/c7-3-1-6(4(8)5-3)2-12-13(9,10)11/h1,7H,2H2,(H,5,8)(H2,9,10,11). The molecule has 0 atom stereocenters. The summed E-state index contributed by atoms with van der Waals surface area (Å²) in [5.74, 6) is -0.403. The molecule has 0 aliphatic rings. The van der Waals surface area contributed by atoms with Crippen LogP contribution in [-0.2, 0) is 15.8 Å². The minimum atomic E-state index is -4.60. The Balaban J connectivity index is 2.71. The van der Waals surface area contributed by atoms with E-state index in [0.717, 1.165) is 10.8 Å². The van der Waals surface area contributed by atoms with E-state index in [2.05, 4.69) is 4.52 Å². The molecule has 1 rings (SSSR count). The zero-order valence-corrected chi connectivity index (χ0v) is 7.14. The van der Waals surface area contributed by atoms with Crippen LogP contribution in [0.25, 0.3) is 0 Å². The van der Waals surface area contributed by atoms with Crippen LogP contribution in [0.3, 0.4) is 0 Å². The van der Waals surface area contributed by atoms with Gasteiger partial charge in [-0.15, -0.1) is 0 Å². The summed E-state index contributed by atoms with van der Waals surface area (Å²) in [5, 5.41) is 8.74. The van der Waals surface area contributed by atoms with Crippen LogP contribution in [-0.4, -0.2) is 24.4 Å². The highest BCUT2D eigenvalue weighted by Crippen LogP contribution is 2.35. The molecule has 0 saturated carbocycles. The van der Waals surface area contributed by atoms with Gasteiger partial charge in [0.15, 0.2) is 0 Å². The number of nitrogens with one attached hydrogen (secondary N) is 1. The first-order valence-electron chi connectivity index (χ1n) is 3.07. The zero-order valence-electron chi connectivity index (χ0n) is 6.25. The zero-order chi connectivity index (χ0) is 10.1. The number of H-pyrrole nitrogens is 1. The first-order chi connectivity index (χ1) is 5.88. The summed E-state index contributed by atoms with van der Waals surface area (Å²) in [6, 6.07) is 0. The van der Waals surface area contributed by atoms with Crippen molar-refractivity contribution in [2.24, 2.45) is 0 Å². The number of phosphoric ester groups is 1. The molecule has 0 unspecified atom stereocenters. The SMILES string of the molecule is O=c1[nH]c(O)cn1COP(=O)(O)O. The van der Waals surface area contributed by atoms with Crippen LogP contribution >= 0.6 is 7.82 Å². The number of rotatable bonds is 3. The molecule has 0 spiro atoms. The molecule has 74 valence electrons. The molecule has 0 aliphatic carbocycles. The van der Waals surface area contributed by atoms with Crippen molar-refractivity contribution in [1.82, 2.24) is 9.55 Å². The molecule has 0 aliphatic heterocycles. The minimum Gasteiger partial charge on any atom is -0.493 e. The summed E-state index contributed by atoms with van der Waals surface area (Å²) in [7, 11) is -4.60. The van der Waals surface area contributed by atoms with Crippen molar-refractivity contribution in [3.8, 4) is 5.88 Å². The van der Waals surface area contributed by atoms with Gasteiger partial charge in [-0.2, -0.15) is 0 Å². The highest BCUT2D eigenvalue weighted by atomic mass is 31.2. The van der Waals surface area contributed by atoms with Crippen molar-refractivity contribution < 1.29 is 24.0 Å². The van der Waals surface area contributed by atoms with Gasteiger partial charge in [0.2, 0.25) is 5.88 Å². The van der Waals surface area contributed by atoms with Gasteiger partial charge in [-0.05, 0) is 0 Å². The van der Waals surface area contributed by atoms with Gasteiger partial charge in [0.25, 0.3) is 0 Å². The van der Waals surface area contributed by atoms with Crippen LogP contribution in [0.5, 0.6) is 5.88 Å². The molecule has 13 heavy (non-hydrogen) atoms. The number of aromatic hydroxyl groups is 1. The largest absolute Gasteiger partial charge is 0.493 e. The summed E-state index contributed by atoms with van der Waals surface area (Å²) in [6.07, 6.45) is 0.956. The van der Waals surface area contributed by atoms with Crippen LogP contribution in [0, 0.1) is 0 Å². The van der Waals surface area contributed by atoms with Gasteiger partial charge >= 0.3 is 13.5 Å². The minimum absolute atomic E-state index is 0.403. The number of aromatic amines is 1. The van der Waals surface area contributed by atoms with Crippen molar-refractivity contribution in [3.63, 3.8) is 0 Å². The van der Waals surface area contributed by atoms with Gasteiger partial charge in [-0.1, -0.05) is 0 Å². The van der Waals surface area contributed by atoms with E-state index in [1.807, 2.05) is 4.98 Å². The van der Waals surface area contributed by atoms with E-state index >= 15 is 0 Å². The van der Waals surface area contributed by atoms with Gasteiger partial charge < -0.3 is 14.9 Å². The number of phosphoric acid groups is 1. The molecule has 0 aromatic carbocycles. The van der Waals surface area contributed by atoms with Gasteiger partial charge in [0.1, 0.15) is 6.73 Å². The fraction of sp³-hybridized carbons (Fsp3) is 0.250. The third-order valence-corrected chi connectivity index (χ3v) is 1.59. The molecule has 0 bridgehead atoms. The van der Waals surface area contributed by atoms with Crippen molar-refractivity contribution in [3.05, 3.63) is 16.7 Å². The smallest absolute Gasteiger partial charge is 0.471 e. The number of aromatic nitrogens is 2. The highest BCUT2D eigenvalue weighted by Gasteiger charge is 2.14. The number of imidazole rings is 1. The molecular weight excluding hydrogens is 203 g/mol. The second-order valence-corrected chi connectivity index (χ2v) is 3.40. The van der Waals surface area contributed by atoms with Crippen molar-refractivity contribution in [1.29, 1.82) is 0 Å². The lowest BCUT2D eigenvalue weighted by Crippen LogP contribution is -2.17. The van der Waals surface area contributed by atoms with Gasteiger partial charge in [-0.3, -0.25) is 14.1 Å². The summed E-state index contributed by atoms with van der Waals surface area (Å²) in [4.78, 5) is 29.3. The molecule has 0 fully saturated rings. The maximum Gasteiger partial charge on any atom is 0.471 e. The van der Waals surface area contributed by atoms with Crippen LogP contribution in [0.2, 0.25) is 0 Å². The third-order valence-electron chi connectivity index (χ3n) is 1.14. The fourth-order valence-electron chi connectivity index (χ4n) is 0.653. The van der Waals surface area contributed by atoms with Crippen molar-refractivity contribution in [2.75, 3.05) is 0 Å². The molecule has 8 nitrogen and oxygen atoms in total. The number of nitrogens with zero attached hydrogens (tertiary/aromatic N) is 1. The van der Waals surface area contributed by atoms with E-state index < -0.39 is 26.1 Å². The molecule has 4 N–H and O–H groups in total. The van der Waals surface area contributed by atoms with E-state index in [4.69, 9.17) is 14.9 Å². The topological polar surface area (TPSA) is 125 Å². The first-order valence-corrected chi connectivity index (χ1v) is 4.60. The maximum absolute atomic E-state index is 10.8. The Morgan fingerprint density at radius 3 is 2.62 bits per heavy atom. The van der Waals surface area contributed by atoms with E-state index in [1.165, 1.54) is 0 Å². The quantitative estimate of drug-likeness (QED) is 0.471. The van der Waals surface area contributed by atoms with Crippen LogP contribution in [0.15, 0.2) is 11.0 Å². The molecule has 1 aromatic heterocycles. The lowest BCUT2D eigenvalue weighted by Gasteiger charge is -2.03. The van der Waals surface area contributed by atoms with Crippen LogP contribution in [0.1, 0.15) is 0 Å². The van der Waals surface area contributed by atoms with E-state index in [0.29, 0.717) is 0 Å². The average Bonchev–Trinajstić information content (AvgIpc) is 2.24. The third kappa shape index (κ3) is 3.03. The summed E-state index contributed by atoms with van der Waals surface area (Å²) in [6.45, 7) is -0.625. The Hall–Kier alpha value is -1.08. The van der Waals surface area contributed by atoms with Gasteiger partial charge in [0, 0.05) is 0 Å². The Labute approximate surface area is 71.6 Å². The normalized spacial score (nSPS) is 11.8.